The second-order valence-electron chi connectivity index (χ2n) is 5.41. The van der Waals surface area contributed by atoms with Crippen molar-refractivity contribution in [2.45, 2.75) is 52.4 Å². The van der Waals surface area contributed by atoms with Crippen molar-refractivity contribution in [1.82, 2.24) is 4.98 Å². The zero-order valence-corrected chi connectivity index (χ0v) is 10.2. The molecule has 0 spiro atoms. The Morgan fingerprint density at radius 1 is 1.33 bits per heavy atom. The highest BCUT2D eigenvalue weighted by molar-refractivity contribution is 5.32. The van der Waals surface area contributed by atoms with Gasteiger partial charge in [0.15, 0.2) is 0 Å². The molecule has 2 atom stereocenters. The molecule has 0 fully saturated rings. The number of rotatable bonds is 1. The van der Waals surface area contributed by atoms with E-state index in [1.165, 1.54) is 23.2 Å². The molecule has 0 aromatic carbocycles. The number of nitrogens with zero attached hydrogens (tertiary/aromatic N) is 1. The quantitative estimate of drug-likeness (QED) is 0.674. The van der Waals surface area contributed by atoms with Gasteiger partial charge >= 0.3 is 0 Å². The van der Waals surface area contributed by atoms with E-state index in [1.54, 1.807) is 0 Å². The molecule has 82 valence electrons. The minimum atomic E-state index is 0.592. The summed E-state index contributed by atoms with van der Waals surface area (Å²) in [6.45, 7) is 9.14. The maximum atomic E-state index is 4.64. The molecule has 1 heterocycles. The predicted octanol–water partition coefficient (Wildman–Crippen LogP) is 3.89. The first-order chi connectivity index (χ1) is 7.08. The van der Waals surface area contributed by atoms with Gasteiger partial charge in [-0.1, -0.05) is 33.8 Å². The van der Waals surface area contributed by atoms with Gasteiger partial charge in [0.25, 0.3) is 0 Å². The van der Waals surface area contributed by atoms with Crippen LogP contribution in [0.25, 0.3) is 0 Å². The van der Waals surface area contributed by atoms with Crippen molar-refractivity contribution < 1.29 is 0 Å². The second kappa shape index (κ2) is 3.96. The zero-order valence-electron chi connectivity index (χ0n) is 10.2. The van der Waals surface area contributed by atoms with Crippen LogP contribution in [0.2, 0.25) is 0 Å². The monoisotopic (exact) mass is 203 g/mol. The molecule has 1 aliphatic carbocycles. The molecule has 2 rings (SSSR count). The van der Waals surface area contributed by atoms with Gasteiger partial charge in [-0.25, -0.2) is 0 Å². The highest BCUT2D eigenvalue weighted by atomic mass is 14.7. The third-order valence-electron chi connectivity index (χ3n) is 3.52. The number of hydrogen-bond donors (Lipinski definition) is 0. The van der Waals surface area contributed by atoms with Crippen molar-refractivity contribution in [2.24, 2.45) is 5.92 Å². The summed E-state index contributed by atoms with van der Waals surface area (Å²) in [4.78, 5) is 4.64. The average molecular weight is 203 g/mol. The van der Waals surface area contributed by atoms with Crippen LogP contribution in [0.15, 0.2) is 12.3 Å². The molecule has 0 radical (unpaired) electrons. The molecule has 0 bridgehead atoms. The Balaban J connectivity index is 2.39. The van der Waals surface area contributed by atoms with Gasteiger partial charge < -0.3 is 0 Å². The minimum absolute atomic E-state index is 0.592. The normalized spacial score (nSPS) is 25.4. The predicted molar refractivity (Wildman–Crippen MR) is 64.2 cm³/mol. The van der Waals surface area contributed by atoms with Crippen LogP contribution in [0.4, 0.5) is 0 Å². The van der Waals surface area contributed by atoms with E-state index in [4.69, 9.17) is 0 Å². The maximum Gasteiger partial charge on any atom is 0.0441 e. The zero-order chi connectivity index (χ0) is 11.0. The third-order valence-corrected chi connectivity index (χ3v) is 3.52. The fourth-order valence-electron chi connectivity index (χ4n) is 2.58. The molecule has 1 aromatic rings. The van der Waals surface area contributed by atoms with Crippen LogP contribution in [0.1, 0.15) is 62.8 Å². The third kappa shape index (κ3) is 2.06. The highest BCUT2D eigenvalue weighted by Gasteiger charge is 2.22. The number of fused-ring (bicyclic) bond motifs is 1. The Bertz CT molecular complexity index is 354. The van der Waals surface area contributed by atoms with Crippen LogP contribution in [0, 0.1) is 5.92 Å². The summed E-state index contributed by atoms with van der Waals surface area (Å²) in [5.74, 6) is 2.08. The highest BCUT2D eigenvalue weighted by Crippen LogP contribution is 2.34. The Morgan fingerprint density at radius 3 is 2.73 bits per heavy atom. The van der Waals surface area contributed by atoms with Gasteiger partial charge in [-0.3, -0.25) is 4.98 Å². The van der Waals surface area contributed by atoms with Gasteiger partial charge in [-0.05, 0) is 41.7 Å². The Hall–Kier alpha value is -0.850. The molecule has 15 heavy (non-hydrogen) atoms. The summed E-state index contributed by atoms with van der Waals surface area (Å²) in [5.41, 5.74) is 4.22. The van der Waals surface area contributed by atoms with E-state index in [1.807, 2.05) is 0 Å². The summed E-state index contributed by atoms with van der Waals surface area (Å²) in [7, 11) is 0. The molecule has 0 amide bonds. The number of pyridine rings is 1. The summed E-state index contributed by atoms with van der Waals surface area (Å²) in [6, 6.07) is 2.38. The fraction of sp³-hybridized carbons (Fsp3) is 0.643. The summed E-state index contributed by atoms with van der Waals surface area (Å²) in [5, 5.41) is 0. The summed E-state index contributed by atoms with van der Waals surface area (Å²) < 4.78 is 0. The lowest BCUT2D eigenvalue weighted by Crippen LogP contribution is -2.16. The molecule has 1 aliphatic rings. The van der Waals surface area contributed by atoms with Crippen LogP contribution in [0.3, 0.4) is 0 Å². The van der Waals surface area contributed by atoms with Crippen LogP contribution < -0.4 is 0 Å². The lowest BCUT2D eigenvalue weighted by atomic mass is 9.80. The van der Waals surface area contributed by atoms with E-state index in [-0.39, 0.29) is 0 Å². The molecule has 2 unspecified atom stereocenters. The second-order valence-corrected chi connectivity index (χ2v) is 5.41. The first-order valence-electron chi connectivity index (χ1n) is 6.06. The lowest BCUT2D eigenvalue weighted by molar-refractivity contribution is 0.441. The minimum Gasteiger partial charge on any atom is -0.261 e. The molecule has 1 aromatic heterocycles. The maximum absolute atomic E-state index is 4.64. The molecule has 1 nitrogen and oxygen atoms in total. The Labute approximate surface area is 92.9 Å². The van der Waals surface area contributed by atoms with Crippen molar-refractivity contribution in [3.8, 4) is 0 Å². The molecule has 0 saturated heterocycles. The van der Waals surface area contributed by atoms with Crippen molar-refractivity contribution in [3.63, 3.8) is 0 Å². The Morgan fingerprint density at radius 2 is 2.07 bits per heavy atom. The van der Waals surface area contributed by atoms with Crippen molar-refractivity contribution in [2.75, 3.05) is 0 Å². The lowest BCUT2D eigenvalue weighted by Gasteiger charge is -2.27. The van der Waals surface area contributed by atoms with E-state index in [0.717, 1.165) is 12.3 Å². The molecule has 0 saturated carbocycles. The average Bonchev–Trinajstić information content (AvgIpc) is 2.16. The smallest absolute Gasteiger partial charge is 0.0441 e. The van der Waals surface area contributed by atoms with E-state index in [2.05, 4.69) is 44.9 Å². The number of hydrogen-bond acceptors (Lipinski definition) is 1. The Kier molecular flexibility index (Phi) is 2.81. The van der Waals surface area contributed by atoms with Gasteiger partial charge in [-0.15, -0.1) is 0 Å². The molecule has 0 aliphatic heterocycles. The molecule has 1 heteroatoms. The summed E-state index contributed by atoms with van der Waals surface area (Å²) in [6.07, 6.45) is 4.54. The molecule has 0 N–H and O–H groups in total. The van der Waals surface area contributed by atoms with E-state index in [0.29, 0.717) is 11.8 Å². The van der Waals surface area contributed by atoms with Crippen LogP contribution in [0.5, 0.6) is 0 Å². The molecular formula is C14H21N. The van der Waals surface area contributed by atoms with E-state index < -0.39 is 0 Å². The van der Waals surface area contributed by atoms with Crippen molar-refractivity contribution in [1.29, 1.82) is 0 Å². The van der Waals surface area contributed by atoms with Gasteiger partial charge in [0, 0.05) is 11.9 Å². The van der Waals surface area contributed by atoms with Crippen LogP contribution in [-0.4, -0.2) is 4.98 Å². The van der Waals surface area contributed by atoms with Crippen molar-refractivity contribution in [3.05, 3.63) is 29.1 Å². The largest absolute Gasteiger partial charge is 0.261 e. The SMILES string of the molecule is CC1Cc2ncc(C(C)C)cc2C(C)C1. The fourth-order valence-corrected chi connectivity index (χ4v) is 2.58. The van der Waals surface area contributed by atoms with Crippen LogP contribution >= 0.6 is 0 Å². The first-order valence-corrected chi connectivity index (χ1v) is 6.06. The standard InChI is InChI=1S/C14H21N/c1-9(2)12-7-13-11(4)5-10(3)6-14(13)15-8-12/h7-11H,5-6H2,1-4H3. The summed E-state index contributed by atoms with van der Waals surface area (Å²) >= 11 is 0. The first kappa shape index (κ1) is 10.7. The van der Waals surface area contributed by atoms with Gasteiger partial charge in [-0.2, -0.15) is 0 Å². The van der Waals surface area contributed by atoms with Gasteiger partial charge in [0.1, 0.15) is 0 Å². The number of aromatic nitrogens is 1. The molecular weight excluding hydrogens is 182 g/mol. The van der Waals surface area contributed by atoms with E-state index in [9.17, 15) is 0 Å². The topological polar surface area (TPSA) is 12.9 Å². The van der Waals surface area contributed by atoms with Gasteiger partial charge in [0.2, 0.25) is 0 Å². The van der Waals surface area contributed by atoms with Crippen LogP contribution in [-0.2, 0) is 6.42 Å². The van der Waals surface area contributed by atoms with Crippen molar-refractivity contribution >= 4 is 0 Å². The van der Waals surface area contributed by atoms with E-state index >= 15 is 0 Å². The van der Waals surface area contributed by atoms with Gasteiger partial charge in [0.05, 0.1) is 0 Å².